The number of imidazole rings is 1. The number of pyridine rings is 2. The van der Waals surface area contributed by atoms with Crippen molar-refractivity contribution in [2.45, 2.75) is 0 Å². The lowest BCUT2D eigenvalue weighted by molar-refractivity contribution is 1.18. The van der Waals surface area contributed by atoms with Gasteiger partial charge in [0.15, 0.2) is 11.5 Å². The van der Waals surface area contributed by atoms with Gasteiger partial charge in [-0.25, -0.2) is 19.9 Å². The fourth-order valence-corrected chi connectivity index (χ4v) is 8.04. The normalized spacial score (nSPS) is 11.4. The molecule has 11 rings (SSSR count). The highest BCUT2D eigenvalue weighted by molar-refractivity contribution is 6.09. The monoisotopic (exact) mass is 753 g/mol. The number of hydrogen-bond acceptors (Lipinski definition) is 4. The molecular formula is C54H35N5. The van der Waals surface area contributed by atoms with Crippen LogP contribution in [-0.2, 0) is 0 Å². The van der Waals surface area contributed by atoms with Crippen molar-refractivity contribution in [2.24, 2.45) is 0 Å². The van der Waals surface area contributed by atoms with Gasteiger partial charge in [-0.3, -0.25) is 4.40 Å². The molecule has 11 aromatic rings. The Hall–Kier alpha value is -8.02. The van der Waals surface area contributed by atoms with Gasteiger partial charge in [-0.2, -0.15) is 0 Å². The van der Waals surface area contributed by atoms with Crippen LogP contribution in [0.25, 0.3) is 106 Å². The summed E-state index contributed by atoms with van der Waals surface area (Å²) in [5.74, 6) is 0.684. The van der Waals surface area contributed by atoms with Crippen molar-refractivity contribution < 1.29 is 0 Å². The molecule has 0 aliphatic carbocycles. The molecule has 0 amide bonds. The minimum Gasteiger partial charge on any atom is -0.284 e. The zero-order valence-electron chi connectivity index (χ0n) is 31.9. The number of hydrogen-bond donors (Lipinski definition) is 0. The molecule has 276 valence electrons. The van der Waals surface area contributed by atoms with E-state index in [1.807, 2.05) is 36.5 Å². The third kappa shape index (κ3) is 6.41. The average Bonchev–Trinajstić information content (AvgIpc) is 3.71. The smallest absolute Gasteiger partial charge is 0.165 e. The lowest BCUT2D eigenvalue weighted by Gasteiger charge is -2.12. The van der Waals surface area contributed by atoms with Gasteiger partial charge in [0.05, 0.1) is 17.1 Å². The van der Waals surface area contributed by atoms with Gasteiger partial charge in [0.1, 0.15) is 11.2 Å². The number of benzene rings is 7. The van der Waals surface area contributed by atoms with Gasteiger partial charge in [-0.05, 0) is 63.7 Å². The molecule has 0 bridgehead atoms. The Bertz CT molecular complexity index is 3200. The van der Waals surface area contributed by atoms with Gasteiger partial charge in [-0.15, -0.1) is 0 Å². The fourth-order valence-electron chi connectivity index (χ4n) is 8.04. The van der Waals surface area contributed by atoms with Crippen LogP contribution < -0.4 is 0 Å². The van der Waals surface area contributed by atoms with E-state index in [0.29, 0.717) is 5.82 Å². The van der Waals surface area contributed by atoms with Crippen LogP contribution in [0.3, 0.4) is 0 Å². The first kappa shape index (κ1) is 34.2. The lowest BCUT2D eigenvalue weighted by Crippen LogP contribution is -1.96. The van der Waals surface area contributed by atoms with Crippen molar-refractivity contribution in [2.75, 3.05) is 0 Å². The molecule has 5 nitrogen and oxygen atoms in total. The topological polar surface area (TPSA) is 56.0 Å². The van der Waals surface area contributed by atoms with Gasteiger partial charge in [0.25, 0.3) is 0 Å². The zero-order chi connectivity index (χ0) is 39.1. The Morgan fingerprint density at radius 1 is 0.305 bits per heavy atom. The molecule has 0 spiro atoms. The summed E-state index contributed by atoms with van der Waals surface area (Å²) in [7, 11) is 0. The van der Waals surface area contributed by atoms with E-state index >= 15 is 0 Å². The molecular weight excluding hydrogens is 719 g/mol. The summed E-state index contributed by atoms with van der Waals surface area (Å²) < 4.78 is 2.06. The van der Waals surface area contributed by atoms with E-state index in [4.69, 9.17) is 19.9 Å². The first-order valence-electron chi connectivity index (χ1n) is 19.8. The van der Waals surface area contributed by atoms with E-state index in [1.165, 1.54) is 5.56 Å². The summed E-state index contributed by atoms with van der Waals surface area (Å²) in [4.78, 5) is 20.5. The summed E-state index contributed by atoms with van der Waals surface area (Å²) in [6, 6.07) is 71.9. The number of rotatable bonds is 7. The van der Waals surface area contributed by atoms with Crippen LogP contribution in [0.4, 0.5) is 0 Å². The van der Waals surface area contributed by atoms with E-state index in [1.54, 1.807) is 0 Å². The van der Waals surface area contributed by atoms with Crippen LogP contribution in [0.1, 0.15) is 0 Å². The molecule has 59 heavy (non-hydrogen) atoms. The first-order chi connectivity index (χ1) is 29.2. The van der Waals surface area contributed by atoms with E-state index in [0.717, 1.165) is 94.7 Å². The van der Waals surface area contributed by atoms with Gasteiger partial charge < -0.3 is 0 Å². The van der Waals surface area contributed by atoms with Crippen molar-refractivity contribution >= 4 is 27.6 Å². The number of aromatic nitrogens is 5. The van der Waals surface area contributed by atoms with Crippen LogP contribution in [0.15, 0.2) is 212 Å². The number of nitrogens with zero attached hydrogens (tertiary/aromatic N) is 5. The summed E-state index contributed by atoms with van der Waals surface area (Å²) in [5.41, 5.74) is 16.3. The second-order valence-electron chi connectivity index (χ2n) is 14.7. The molecule has 0 unspecified atom stereocenters. The molecule has 0 aliphatic rings. The number of fused-ring (bicyclic) bond motifs is 5. The van der Waals surface area contributed by atoms with E-state index in [-0.39, 0.29) is 0 Å². The van der Waals surface area contributed by atoms with Crippen molar-refractivity contribution in [1.82, 2.24) is 24.3 Å². The maximum absolute atomic E-state index is 5.20. The van der Waals surface area contributed by atoms with Crippen LogP contribution in [-0.4, -0.2) is 24.3 Å². The molecule has 0 atom stereocenters. The maximum atomic E-state index is 5.20. The second kappa shape index (κ2) is 14.5. The van der Waals surface area contributed by atoms with Crippen molar-refractivity contribution in [3.8, 4) is 78.5 Å². The highest BCUT2D eigenvalue weighted by Gasteiger charge is 2.16. The van der Waals surface area contributed by atoms with Gasteiger partial charge in [-0.1, -0.05) is 176 Å². The first-order valence-corrected chi connectivity index (χ1v) is 19.8. The van der Waals surface area contributed by atoms with Crippen molar-refractivity contribution in [3.05, 3.63) is 212 Å². The lowest BCUT2D eigenvalue weighted by atomic mass is 9.98. The van der Waals surface area contributed by atoms with E-state index < -0.39 is 0 Å². The van der Waals surface area contributed by atoms with Gasteiger partial charge in [0.2, 0.25) is 0 Å². The summed E-state index contributed by atoms with van der Waals surface area (Å²) in [5, 5.41) is 2.18. The SMILES string of the molecule is c1ccc(-c2cccc(-c3cc(-c4ccc(-c5ccc(-c6nc7c(nc8ccccn87)c7ccccc67)cc5)cc4)nc(-c4cccc(-c5ccccc5)c4)n3)c2)cc1. The Morgan fingerprint density at radius 2 is 0.797 bits per heavy atom. The zero-order valence-corrected chi connectivity index (χ0v) is 31.9. The Labute approximate surface area is 341 Å². The molecule has 4 aromatic heterocycles. The fraction of sp³-hybridized carbons (Fsp3) is 0. The Morgan fingerprint density at radius 3 is 1.47 bits per heavy atom. The van der Waals surface area contributed by atoms with Crippen LogP contribution >= 0.6 is 0 Å². The van der Waals surface area contributed by atoms with Crippen LogP contribution in [0, 0.1) is 0 Å². The third-order valence-electron chi connectivity index (χ3n) is 11.1. The molecule has 0 saturated carbocycles. The van der Waals surface area contributed by atoms with Gasteiger partial charge in [0, 0.05) is 39.2 Å². The maximum Gasteiger partial charge on any atom is 0.165 e. The standard InChI is InChI=1S/C54H35N5/c1-3-13-36(14-4-1)42-17-11-19-44(33-42)49-35-48(55-53(56-49)45-20-12-18-43(34-45)37-15-5-2-6-16-37)40-28-24-38(25-29-40)39-26-30-41(31-27-39)51-46-21-7-8-22-47(46)52-54(58-51)59-32-10-9-23-50(59)57-52/h1-35H. The predicted molar refractivity (Wildman–Crippen MR) is 242 cm³/mol. The Kier molecular flexibility index (Phi) is 8.41. The van der Waals surface area contributed by atoms with Gasteiger partial charge >= 0.3 is 0 Å². The average molecular weight is 754 g/mol. The summed E-state index contributed by atoms with van der Waals surface area (Å²) in [6.07, 6.45) is 2.03. The van der Waals surface area contributed by atoms with Crippen molar-refractivity contribution in [1.29, 1.82) is 0 Å². The summed E-state index contributed by atoms with van der Waals surface area (Å²) >= 11 is 0. The second-order valence-corrected chi connectivity index (χ2v) is 14.7. The third-order valence-corrected chi connectivity index (χ3v) is 11.1. The largest absolute Gasteiger partial charge is 0.284 e. The molecule has 5 heteroatoms. The van der Waals surface area contributed by atoms with Crippen LogP contribution in [0.2, 0.25) is 0 Å². The highest BCUT2D eigenvalue weighted by atomic mass is 15.1. The molecule has 0 fully saturated rings. The Balaban J connectivity index is 0.959. The molecule has 4 heterocycles. The molecule has 0 N–H and O–H groups in total. The minimum atomic E-state index is 0.684. The highest BCUT2D eigenvalue weighted by Crippen LogP contribution is 2.35. The van der Waals surface area contributed by atoms with E-state index in [2.05, 4.69) is 180 Å². The molecule has 7 aromatic carbocycles. The quantitative estimate of drug-likeness (QED) is 0.163. The molecule has 0 aliphatic heterocycles. The predicted octanol–water partition coefficient (Wildman–Crippen LogP) is 13.5. The van der Waals surface area contributed by atoms with Crippen LogP contribution in [0.5, 0.6) is 0 Å². The van der Waals surface area contributed by atoms with Crippen molar-refractivity contribution in [3.63, 3.8) is 0 Å². The molecule has 0 radical (unpaired) electrons. The summed E-state index contributed by atoms with van der Waals surface area (Å²) in [6.45, 7) is 0. The van der Waals surface area contributed by atoms with E-state index in [9.17, 15) is 0 Å². The molecule has 0 saturated heterocycles. The minimum absolute atomic E-state index is 0.684.